The molecular weight excluding hydrogens is 379 g/mol. The van der Waals surface area contributed by atoms with Gasteiger partial charge >= 0.3 is 6.18 Å². The van der Waals surface area contributed by atoms with Crippen LogP contribution in [-0.2, 0) is 12.7 Å². The van der Waals surface area contributed by atoms with E-state index in [1.165, 1.54) is 6.07 Å². The van der Waals surface area contributed by atoms with Crippen LogP contribution >= 0.6 is 0 Å². The zero-order valence-corrected chi connectivity index (χ0v) is 15.8. The fraction of sp³-hybridized carbons (Fsp3) is 0.217. The van der Waals surface area contributed by atoms with Gasteiger partial charge in [0.25, 0.3) is 0 Å². The first-order valence-electron chi connectivity index (χ1n) is 9.36. The Kier molecular flexibility index (Phi) is 6.90. The van der Waals surface area contributed by atoms with Crippen LogP contribution in [0.15, 0.2) is 78.9 Å². The minimum Gasteiger partial charge on any atom is -0.491 e. The molecule has 0 aromatic heterocycles. The van der Waals surface area contributed by atoms with Gasteiger partial charge in [0.05, 0.1) is 5.56 Å². The Morgan fingerprint density at radius 2 is 1.55 bits per heavy atom. The lowest BCUT2D eigenvalue weighted by atomic mass is 10.1. The Morgan fingerprint density at radius 1 is 0.862 bits per heavy atom. The lowest BCUT2D eigenvalue weighted by molar-refractivity contribution is -0.676. The minimum absolute atomic E-state index is 0.115. The number of aliphatic hydroxyl groups excluding tert-OH is 1. The van der Waals surface area contributed by atoms with E-state index < -0.39 is 17.8 Å². The van der Waals surface area contributed by atoms with E-state index in [4.69, 9.17) is 4.74 Å². The Balaban J connectivity index is 1.43. The van der Waals surface area contributed by atoms with Crippen LogP contribution in [0, 0.1) is 0 Å². The molecule has 3 rings (SSSR count). The topological polar surface area (TPSA) is 46.1 Å². The summed E-state index contributed by atoms with van der Waals surface area (Å²) in [5.41, 5.74) is 2.09. The fourth-order valence-corrected chi connectivity index (χ4v) is 2.95. The van der Waals surface area contributed by atoms with E-state index in [1.54, 1.807) is 11.4 Å². The molecule has 3 N–H and O–H groups in total. The third kappa shape index (κ3) is 6.34. The van der Waals surface area contributed by atoms with Crippen LogP contribution in [0.5, 0.6) is 5.75 Å². The number of quaternary nitrogens is 1. The number of ether oxygens (including phenoxy) is 1. The molecule has 0 aliphatic carbocycles. The predicted octanol–water partition coefficient (Wildman–Crippen LogP) is 3.88. The zero-order chi connectivity index (χ0) is 20.7. The molecule has 0 aliphatic rings. The molecule has 0 amide bonds. The first kappa shape index (κ1) is 20.9. The van der Waals surface area contributed by atoms with E-state index in [9.17, 15) is 18.3 Å². The van der Waals surface area contributed by atoms with Crippen molar-refractivity contribution in [3.05, 3.63) is 90.0 Å². The highest BCUT2D eigenvalue weighted by molar-refractivity contribution is 5.63. The number of halogens is 3. The smallest absolute Gasteiger partial charge is 0.416 e. The van der Waals surface area contributed by atoms with Crippen molar-refractivity contribution >= 4 is 0 Å². The van der Waals surface area contributed by atoms with Crippen molar-refractivity contribution in [3.63, 3.8) is 0 Å². The molecule has 0 aliphatic heterocycles. The molecule has 6 heteroatoms. The molecule has 3 nitrogen and oxygen atoms in total. The maximum absolute atomic E-state index is 12.7. The Hall–Kier alpha value is -2.83. The SMILES string of the molecule is O[C@H](C[NH2+]Cc1cccc(C(F)(F)F)c1)COc1ccc(-c2ccccc2)cc1. The molecule has 0 spiro atoms. The standard InChI is InChI=1S/C23H22F3NO2/c24-23(25,26)20-8-4-5-17(13-20)14-27-15-21(28)16-29-22-11-9-19(10-12-22)18-6-2-1-3-7-18/h1-13,21,27-28H,14-16H2/p+1/t21-/m1/s1. The van der Waals surface area contributed by atoms with Gasteiger partial charge in [0.15, 0.2) is 0 Å². The third-order valence-corrected chi connectivity index (χ3v) is 4.48. The summed E-state index contributed by atoms with van der Waals surface area (Å²) in [6.07, 6.45) is -5.08. The lowest BCUT2D eigenvalue weighted by Gasteiger charge is -2.12. The monoisotopic (exact) mass is 402 g/mol. The second-order valence-corrected chi connectivity index (χ2v) is 6.78. The molecule has 0 saturated carbocycles. The summed E-state index contributed by atoms with van der Waals surface area (Å²) < 4.78 is 43.8. The molecule has 3 aromatic carbocycles. The van der Waals surface area contributed by atoms with Crippen molar-refractivity contribution in [1.29, 1.82) is 0 Å². The van der Waals surface area contributed by atoms with Crippen molar-refractivity contribution in [3.8, 4) is 16.9 Å². The number of alkyl halides is 3. The summed E-state index contributed by atoms with van der Waals surface area (Å²) in [6, 6.07) is 22.8. The lowest BCUT2D eigenvalue weighted by Crippen LogP contribution is -2.85. The Labute approximate surface area is 167 Å². The van der Waals surface area contributed by atoms with E-state index in [1.807, 2.05) is 54.6 Å². The molecule has 1 atom stereocenters. The molecular formula is C23H23F3NO2+. The van der Waals surface area contributed by atoms with Gasteiger partial charge in [-0.25, -0.2) is 0 Å². The normalized spacial score (nSPS) is 12.6. The summed E-state index contributed by atoms with van der Waals surface area (Å²) in [5, 5.41) is 11.8. The second-order valence-electron chi connectivity index (χ2n) is 6.78. The van der Waals surface area contributed by atoms with Gasteiger partial charge in [-0.2, -0.15) is 13.2 Å². The van der Waals surface area contributed by atoms with E-state index in [0.717, 1.165) is 23.3 Å². The average molecular weight is 402 g/mol. The summed E-state index contributed by atoms with van der Waals surface area (Å²) in [5.74, 6) is 0.654. The molecule has 0 radical (unpaired) electrons. The molecule has 0 saturated heterocycles. The van der Waals surface area contributed by atoms with Crippen molar-refractivity contribution < 1.29 is 28.3 Å². The number of hydrogen-bond donors (Lipinski definition) is 2. The molecule has 3 aromatic rings. The summed E-state index contributed by atoms with van der Waals surface area (Å²) >= 11 is 0. The highest BCUT2D eigenvalue weighted by atomic mass is 19.4. The number of hydrogen-bond acceptors (Lipinski definition) is 2. The number of aliphatic hydroxyl groups is 1. The number of nitrogens with two attached hydrogens (primary N) is 1. The fourth-order valence-electron chi connectivity index (χ4n) is 2.95. The van der Waals surface area contributed by atoms with Gasteiger partial charge in [-0.1, -0.05) is 54.6 Å². The van der Waals surface area contributed by atoms with Gasteiger partial charge in [0.2, 0.25) is 0 Å². The van der Waals surface area contributed by atoms with E-state index in [2.05, 4.69) is 0 Å². The van der Waals surface area contributed by atoms with Gasteiger partial charge in [0.1, 0.15) is 31.5 Å². The van der Waals surface area contributed by atoms with Gasteiger partial charge in [0, 0.05) is 5.56 Å². The van der Waals surface area contributed by atoms with Gasteiger partial charge in [-0.3, -0.25) is 0 Å². The predicted molar refractivity (Wildman–Crippen MR) is 105 cm³/mol. The molecule has 0 unspecified atom stereocenters. The average Bonchev–Trinajstić information content (AvgIpc) is 2.73. The number of rotatable bonds is 8. The van der Waals surface area contributed by atoms with Crippen LogP contribution in [0.3, 0.4) is 0 Å². The van der Waals surface area contributed by atoms with Crippen LogP contribution in [0.4, 0.5) is 13.2 Å². The van der Waals surface area contributed by atoms with Gasteiger partial charge in [-0.15, -0.1) is 0 Å². The highest BCUT2D eigenvalue weighted by Gasteiger charge is 2.30. The second kappa shape index (κ2) is 9.58. The van der Waals surface area contributed by atoms with Crippen LogP contribution in [0.1, 0.15) is 11.1 Å². The van der Waals surface area contributed by atoms with E-state index >= 15 is 0 Å². The van der Waals surface area contributed by atoms with Crippen LogP contribution in [0.25, 0.3) is 11.1 Å². The van der Waals surface area contributed by atoms with Crippen LogP contribution < -0.4 is 10.1 Å². The van der Waals surface area contributed by atoms with Crippen LogP contribution in [-0.4, -0.2) is 24.4 Å². The van der Waals surface area contributed by atoms with Crippen LogP contribution in [0.2, 0.25) is 0 Å². The van der Waals surface area contributed by atoms with Gasteiger partial charge < -0.3 is 15.2 Å². The minimum atomic E-state index is -4.35. The quantitative estimate of drug-likeness (QED) is 0.601. The molecule has 29 heavy (non-hydrogen) atoms. The first-order valence-corrected chi connectivity index (χ1v) is 9.36. The van der Waals surface area contributed by atoms with E-state index in [0.29, 0.717) is 24.4 Å². The summed E-state index contributed by atoms with van der Waals surface area (Å²) in [6.45, 7) is 0.800. The highest BCUT2D eigenvalue weighted by Crippen LogP contribution is 2.29. The largest absolute Gasteiger partial charge is 0.491 e. The Morgan fingerprint density at radius 3 is 2.24 bits per heavy atom. The Bertz CT molecular complexity index is 896. The summed E-state index contributed by atoms with van der Waals surface area (Å²) in [7, 11) is 0. The maximum atomic E-state index is 12.7. The van der Waals surface area contributed by atoms with Crippen molar-refractivity contribution in [1.82, 2.24) is 0 Å². The van der Waals surface area contributed by atoms with E-state index in [-0.39, 0.29) is 6.61 Å². The zero-order valence-electron chi connectivity index (χ0n) is 15.8. The molecule has 0 heterocycles. The molecule has 0 bridgehead atoms. The number of benzene rings is 3. The summed E-state index contributed by atoms with van der Waals surface area (Å²) in [4.78, 5) is 0. The van der Waals surface area contributed by atoms with Crippen molar-refractivity contribution in [2.24, 2.45) is 0 Å². The molecule has 0 fully saturated rings. The van der Waals surface area contributed by atoms with Crippen molar-refractivity contribution in [2.75, 3.05) is 13.2 Å². The third-order valence-electron chi connectivity index (χ3n) is 4.48. The van der Waals surface area contributed by atoms with Crippen molar-refractivity contribution in [2.45, 2.75) is 18.8 Å². The van der Waals surface area contributed by atoms with Gasteiger partial charge in [-0.05, 0) is 35.4 Å². The maximum Gasteiger partial charge on any atom is 0.416 e. The first-order chi connectivity index (χ1) is 13.9. The molecule has 152 valence electrons.